The molecule has 2 N–H and O–H groups in total. The lowest BCUT2D eigenvalue weighted by Crippen LogP contribution is -2.45. The molecule has 0 bridgehead atoms. The van der Waals surface area contributed by atoms with Crippen molar-refractivity contribution >= 4 is 0 Å². The van der Waals surface area contributed by atoms with Crippen LogP contribution >= 0.6 is 0 Å². The molecule has 1 saturated carbocycles. The fourth-order valence-corrected chi connectivity index (χ4v) is 2.50. The smallest absolute Gasteiger partial charge is 0.0693 e. The molecule has 3 nitrogen and oxygen atoms in total. The van der Waals surface area contributed by atoms with Crippen LogP contribution in [0.3, 0.4) is 0 Å². The van der Waals surface area contributed by atoms with Gasteiger partial charge in [-0.25, -0.2) is 0 Å². The molecule has 0 spiro atoms. The van der Waals surface area contributed by atoms with Crippen LogP contribution in [-0.4, -0.2) is 48.3 Å². The Balaban J connectivity index is 2.13. The van der Waals surface area contributed by atoms with Crippen molar-refractivity contribution in [2.24, 2.45) is 0 Å². The second-order valence-corrected chi connectivity index (χ2v) is 4.85. The Hall–Kier alpha value is -0.120. The molecule has 1 aliphatic carbocycles. The zero-order valence-electron chi connectivity index (χ0n) is 10.9. The van der Waals surface area contributed by atoms with Crippen LogP contribution in [0.5, 0.6) is 0 Å². The van der Waals surface area contributed by atoms with Crippen molar-refractivity contribution in [1.29, 1.82) is 0 Å². The first kappa shape index (κ1) is 13.9. The van der Waals surface area contributed by atoms with Gasteiger partial charge in [0.05, 0.1) is 6.10 Å². The molecule has 1 rings (SSSR count). The van der Waals surface area contributed by atoms with Gasteiger partial charge >= 0.3 is 0 Å². The van der Waals surface area contributed by atoms with E-state index >= 15 is 0 Å². The molecule has 0 saturated heterocycles. The number of hydrogen-bond donors (Lipinski definition) is 2. The molecule has 1 aliphatic rings. The molecule has 0 aromatic carbocycles. The summed E-state index contributed by atoms with van der Waals surface area (Å²) in [5.74, 6) is 0. The Kier molecular flexibility index (Phi) is 7.01. The molecule has 1 fully saturated rings. The quantitative estimate of drug-likeness (QED) is 0.695. The van der Waals surface area contributed by atoms with Crippen molar-refractivity contribution in [2.75, 3.05) is 26.2 Å². The Bertz CT molecular complexity index is 175. The Labute approximate surface area is 100 Å². The molecule has 96 valence electrons. The second kappa shape index (κ2) is 8.04. The monoisotopic (exact) mass is 228 g/mol. The third kappa shape index (κ3) is 4.81. The topological polar surface area (TPSA) is 35.5 Å². The van der Waals surface area contributed by atoms with Gasteiger partial charge in [0.1, 0.15) is 0 Å². The van der Waals surface area contributed by atoms with Crippen molar-refractivity contribution in [3.63, 3.8) is 0 Å². The number of aliphatic hydroxyl groups excluding tert-OH is 1. The summed E-state index contributed by atoms with van der Waals surface area (Å²) in [7, 11) is 0. The molecule has 0 aliphatic heterocycles. The van der Waals surface area contributed by atoms with Gasteiger partial charge in [-0.3, -0.25) is 0 Å². The van der Waals surface area contributed by atoms with Crippen LogP contribution in [0.15, 0.2) is 0 Å². The first-order valence-corrected chi connectivity index (χ1v) is 6.91. The maximum absolute atomic E-state index is 9.82. The lowest BCUT2D eigenvalue weighted by atomic mass is 9.93. The number of nitrogens with zero attached hydrogens (tertiary/aromatic N) is 1. The minimum absolute atomic E-state index is 0.116. The van der Waals surface area contributed by atoms with E-state index in [0.29, 0.717) is 6.04 Å². The standard InChI is InChI=1S/C13H28N2O/c1-3-10-15(4-2)11-9-14-12-7-5-6-8-13(12)16/h12-14,16H,3-11H2,1-2H3/t12-,13-/m1/s1. The SMILES string of the molecule is CCCN(CC)CCN[C@@H]1CCCC[C@H]1O. The van der Waals surface area contributed by atoms with E-state index in [4.69, 9.17) is 0 Å². The number of rotatable bonds is 7. The predicted molar refractivity (Wildman–Crippen MR) is 68.7 cm³/mol. The van der Waals surface area contributed by atoms with Crippen molar-refractivity contribution in [3.05, 3.63) is 0 Å². The van der Waals surface area contributed by atoms with Gasteiger partial charge in [0.15, 0.2) is 0 Å². The summed E-state index contributed by atoms with van der Waals surface area (Å²) in [6.45, 7) is 8.86. The highest BCUT2D eigenvalue weighted by Gasteiger charge is 2.21. The normalized spacial score (nSPS) is 26.2. The van der Waals surface area contributed by atoms with Crippen LogP contribution in [0.4, 0.5) is 0 Å². The van der Waals surface area contributed by atoms with Crippen LogP contribution in [0.1, 0.15) is 46.0 Å². The minimum atomic E-state index is -0.116. The number of aliphatic hydroxyl groups is 1. The Morgan fingerprint density at radius 2 is 1.94 bits per heavy atom. The first-order valence-electron chi connectivity index (χ1n) is 6.91. The van der Waals surface area contributed by atoms with Gasteiger partial charge in [0.2, 0.25) is 0 Å². The summed E-state index contributed by atoms with van der Waals surface area (Å²) in [6, 6.07) is 0.342. The van der Waals surface area contributed by atoms with E-state index < -0.39 is 0 Å². The van der Waals surface area contributed by atoms with Gasteiger partial charge in [-0.05, 0) is 32.4 Å². The predicted octanol–water partition coefficient (Wildman–Crippen LogP) is 1.61. The molecule has 0 aromatic rings. The second-order valence-electron chi connectivity index (χ2n) is 4.85. The van der Waals surface area contributed by atoms with Gasteiger partial charge in [-0.15, -0.1) is 0 Å². The van der Waals surface area contributed by atoms with E-state index in [1.54, 1.807) is 0 Å². The van der Waals surface area contributed by atoms with Crippen molar-refractivity contribution in [3.8, 4) is 0 Å². The maximum atomic E-state index is 9.82. The van der Waals surface area contributed by atoms with Gasteiger partial charge in [-0.1, -0.05) is 26.7 Å². The lowest BCUT2D eigenvalue weighted by molar-refractivity contribution is 0.0894. The molecule has 0 heterocycles. The highest BCUT2D eigenvalue weighted by atomic mass is 16.3. The largest absolute Gasteiger partial charge is 0.392 e. The van der Waals surface area contributed by atoms with Crippen LogP contribution in [-0.2, 0) is 0 Å². The van der Waals surface area contributed by atoms with Gasteiger partial charge in [0, 0.05) is 19.1 Å². The maximum Gasteiger partial charge on any atom is 0.0693 e. The molecular formula is C13H28N2O. The van der Waals surface area contributed by atoms with Crippen molar-refractivity contribution in [1.82, 2.24) is 10.2 Å². The van der Waals surface area contributed by atoms with Gasteiger partial charge < -0.3 is 15.3 Å². The third-order valence-electron chi connectivity index (χ3n) is 3.55. The van der Waals surface area contributed by atoms with Crippen molar-refractivity contribution < 1.29 is 5.11 Å². The average molecular weight is 228 g/mol. The van der Waals surface area contributed by atoms with Crippen LogP contribution < -0.4 is 5.32 Å². The fourth-order valence-electron chi connectivity index (χ4n) is 2.50. The van der Waals surface area contributed by atoms with E-state index in [1.165, 1.54) is 25.8 Å². The molecule has 0 unspecified atom stereocenters. The highest BCUT2D eigenvalue weighted by Crippen LogP contribution is 2.17. The van der Waals surface area contributed by atoms with E-state index in [9.17, 15) is 5.11 Å². The Morgan fingerprint density at radius 1 is 1.19 bits per heavy atom. The summed E-state index contributed by atoms with van der Waals surface area (Å²) in [4.78, 5) is 2.46. The molecule has 0 radical (unpaired) electrons. The summed E-state index contributed by atoms with van der Waals surface area (Å²) in [5, 5.41) is 13.3. The summed E-state index contributed by atoms with van der Waals surface area (Å²) < 4.78 is 0. The molecule has 0 amide bonds. The minimum Gasteiger partial charge on any atom is -0.392 e. The molecule has 3 heteroatoms. The van der Waals surface area contributed by atoms with Gasteiger partial charge in [0.25, 0.3) is 0 Å². The van der Waals surface area contributed by atoms with Crippen LogP contribution in [0, 0.1) is 0 Å². The molecule has 0 aromatic heterocycles. The van der Waals surface area contributed by atoms with E-state index in [-0.39, 0.29) is 6.10 Å². The van der Waals surface area contributed by atoms with Crippen LogP contribution in [0.2, 0.25) is 0 Å². The molecule has 2 atom stereocenters. The van der Waals surface area contributed by atoms with E-state index in [1.807, 2.05) is 0 Å². The first-order chi connectivity index (χ1) is 7.77. The van der Waals surface area contributed by atoms with E-state index in [2.05, 4.69) is 24.1 Å². The number of hydrogen-bond acceptors (Lipinski definition) is 3. The fraction of sp³-hybridized carbons (Fsp3) is 1.00. The summed E-state index contributed by atoms with van der Waals surface area (Å²) >= 11 is 0. The molecular weight excluding hydrogens is 200 g/mol. The highest BCUT2D eigenvalue weighted by molar-refractivity contribution is 4.80. The van der Waals surface area contributed by atoms with Crippen molar-refractivity contribution in [2.45, 2.75) is 58.1 Å². The lowest BCUT2D eigenvalue weighted by Gasteiger charge is -2.29. The molecule has 16 heavy (non-hydrogen) atoms. The zero-order chi connectivity index (χ0) is 11.8. The number of nitrogens with one attached hydrogen (secondary N) is 1. The Morgan fingerprint density at radius 3 is 2.56 bits per heavy atom. The third-order valence-corrected chi connectivity index (χ3v) is 3.55. The average Bonchev–Trinajstić information content (AvgIpc) is 2.30. The summed E-state index contributed by atoms with van der Waals surface area (Å²) in [5.41, 5.74) is 0. The summed E-state index contributed by atoms with van der Waals surface area (Å²) in [6.07, 6.45) is 5.68. The van der Waals surface area contributed by atoms with Crippen LogP contribution in [0.25, 0.3) is 0 Å². The number of likely N-dealkylation sites (N-methyl/N-ethyl adjacent to an activating group) is 1. The zero-order valence-corrected chi connectivity index (χ0v) is 10.9. The van der Waals surface area contributed by atoms with E-state index in [0.717, 1.165) is 32.5 Å². The van der Waals surface area contributed by atoms with Gasteiger partial charge in [-0.2, -0.15) is 0 Å².